The van der Waals surface area contributed by atoms with E-state index in [9.17, 15) is 0 Å². The Kier molecular flexibility index (Phi) is 5.08. The van der Waals surface area contributed by atoms with Gasteiger partial charge in [-0.15, -0.1) is 0 Å². The summed E-state index contributed by atoms with van der Waals surface area (Å²) in [5.74, 6) is 1.48. The summed E-state index contributed by atoms with van der Waals surface area (Å²) in [4.78, 5) is 2.49. The van der Waals surface area contributed by atoms with Gasteiger partial charge in [-0.05, 0) is 51.2 Å². The second-order valence-electron chi connectivity index (χ2n) is 5.04. The molecule has 0 aliphatic carbocycles. The summed E-state index contributed by atoms with van der Waals surface area (Å²) >= 11 is 6.45. The van der Waals surface area contributed by atoms with E-state index in [0.29, 0.717) is 12.0 Å². The average Bonchev–Trinajstić information content (AvgIpc) is 2.81. The lowest BCUT2D eigenvalue weighted by atomic mass is 9.92. The molecule has 0 radical (unpaired) electrons. The van der Waals surface area contributed by atoms with Crippen molar-refractivity contribution in [3.05, 3.63) is 28.8 Å². The number of rotatable bonds is 5. The van der Waals surface area contributed by atoms with Crippen LogP contribution < -0.4 is 10.1 Å². The van der Waals surface area contributed by atoms with Crippen molar-refractivity contribution in [2.45, 2.75) is 19.4 Å². The quantitative estimate of drug-likeness (QED) is 0.899. The number of benzene rings is 1. The molecule has 1 aliphatic heterocycles. The Morgan fingerprint density at radius 1 is 1.47 bits per heavy atom. The molecule has 2 unspecified atom stereocenters. The molecular formula is C15H23ClN2O. The smallest absolute Gasteiger partial charge is 0.125 e. The van der Waals surface area contributed by atoms with Crippen LogP contribution in [-0.4, -0.2) is 38.7 Å². The fraction of sp³-hybridized carbons (Fsp3) is 0.600. The summed E-state index contributed by atoms with van der Waals surface area (Å²) < 4.78 is 5.53. The Morgan fingerprint density at radius 2 is 2.26 bits per heavy atom. The maximum atomic E-state index is 6.45. The normalized spacial score (nSPS) is 23.8. The molecule has 106 valence electrons. The lowest BCUT2D eigenvalue weighted by molar-refractivity contribution is 0.232. The zero-order valence-electron chi connectivity index (χ0n) is 11.9. The molecule has 2 rings (SSSR count). The van der Waals surface area contributed by atoms with Crippen molar-refractivity contribution in [3.8, 4) is 5.75 Å². The van der Waals surface area contributed by atoms with Crippen molar-refractivity contribution in [2.24, 2.45) is 5.92 Å². The van der Waals surface area contributed by atoms with Gasteiger partial charge >= 0.3 is 0 Å². The third-order valence-electron chi connectivity index (χ3n) is 4.03. The molecule has 19 heavy (non-hydrogen) atoms. The molecule has 1 saturated heterocycles. The lowest BCUT2D eigenvalue weighted by Gasteiger charge is -2.29. The van der Waals surface area contributed by atoms with E-state index in [1.54, 1.807) is 7.11 Å². The standard InChI is InChI=1S/C15H23ClN2O/c1-4-18-9-8-11(10-17-2)15(18)14-12(16)6-5-7-13(14)19-3/h5-7,11,15,17H,4,8-10H2,1-3H3. The van der Waals surface area contributed by atoms with Gasteiger partial charge < -0.3 is 10.1 Å². The Balaban J connectivity index is 2.40. The van der Waals surface area contributed by atoms with Gasteiger partial charge in [0.25, 0.3) is 0 Å². The van der Waals surface area contributed by atoms with Crippen LogP contribution in [0.4, 0.5) is 0 Å². The van der Waals surface area contributed by atoms with Crippen molar-refractivity contribution in [1.82, 2.24) is 10.2 Å². The van der Waals surface area contributed by atoms with Crippen LogP contribution in [0, 0.1) is 5.92 Å². The number of hydrogen-bond acceptors (Lipinski definition) is 3. The zero-order valence-corrected chi connectivity index (χ0v) is 12.7. The van der Waals surface area contributed by atoms with Crippen LogP contribution in [0.5, 0.6) is 5.75 Å². The van der Waals surface area contributed by atoms with E-state index in [2.05, 4.69) is 17.1 Å². The van der Waals surface area contributed by atoms with Gasteiger partial charge in [-0.3, -0.25) is 4.90 Å². The molecule has 1 aromatic rings. The van der Waals surface area contributed by atoms with Gasteiger partial charge in [-0.2, -0.15) is 0 Å². The predicted octanol–water partition coefficient (Wildman–Crippen LogP) is 2.95. The molecule has 0 amide bonds. The van der Waals surface area contributed by atoms with Gasteiger partial charge in [0.2, 0.25) is 0 Å². The van der Waals surface area contributed by atoms with Gasteiger partial charge in [0, 0.05) is 16.6 Å². The highest BCUT2D eigenvalue weighted by molar-refractivity contribution is 6.31. The van der Waals surface area contributed by atoms with E-state index in [0.717, 1.165) is 36.0 Å². The monoisotopic (exact) mass is 282 g/mol. The Bertz CT molecular complexity index is 425. The third-order valence-corrected chi connectivity index (χ3v) is 4.36. The number of nitrogens with zero attached hydrogens (tertiary/aromatic N) is 1. The SMILES string of the molecule is CCN1CCC(CNC)C1c1c(Cl)cccc1OC. The molecule has 0 bridgehead atoms. The second-order valence-corrected chi connectivity index (χ2v) is 5.44. The number of nitrogens with one attached hydrogen (secondary N) is 1. The molecule has 1 N–H and O–H groups in total. The van der Waals surface area contributed by atoms with Crippen molar-refractivity contribution in [2.75, 3.05) is 33.8 Å². The van der Waals surface area contributed by atoms with Crippen LogP contribution >= 0.6 is 11.6 Å². The van der Waals surface area contributed by atoms with E-state index in [1.165, 1.54) is 6.42 Å². The first-order valence-corrected chi connectivity index (χ1v) is 7.31. The van der Waals surface area contributed by atoms with Gasteiger partial charge in [0.1, 0.15) is 5.75 Å². The van der Waals surface area contributed by atoms with Gasteiger partial charge in [-0.1, -0.05) is 24.6 Å². The molecule has 1 aromatic carbocycles. The van der Waals surface area contributed by atoms with E-state index in [1.807, 2.05) is 25.2 Å². The highest BCUT2D eigenvalue weighted by atomic mass is 35.5. The molecule has 1 heterocycles. The number of hydrogen-bond donors (Lipinski definition) is 1. The summed E-state index contributed by atoms with van der Waals surface area (Å²) in [5, 5.41) is 4.11. The fourth-order valence-corrected chi connectivity index (χ4v) is 3.44. The minimum Gasteiger partial charge on any atom is -0.496 e. The summed E-state index contributed by atoms with van der Waals surface area (Å²) in [6.45, 7) is 5.38. The van der Waals surface area contributed by atoms with Gasteiger partial charge in [-0.25, -0.2) is 0 Å². The van der Waals surface area contributed by atoms with Crippen molar-refractivity contribution in [3.63, 3.8) is 0 Å². The van der Waals surface area contributed by atoms with Crippen LogP contribution in [0.25, 0.3) is 0 Å². The molecule has 0 saturated carbocycles. The molecule has 4 heteroatoms. The van der Waals surface area contributed by atoms with Crippen LogP contribution in [0.3, 0.4) is 0 Å². The Hall–Kier alpha value is -0.770. The highest BCUT2D eigenvalue weighted by Crippen LogP contribution is 2.43. The summed E-state index contributed by atoms with van der Waals surface area (Å²) in [6.07, 6.45) is 1.20. The minimum atomic E-state index is 0.348. The molecule has 0 aromatic heterocycles. The van der Waals surface area contributed by atoms with E-state index in [-0.39, 0.29) is 0 Å². The molecule has 3 nitrogen and oxygen atoms in total. The maximum Gasteiger partial charge on any atom is 0.125 e. The highest BCUT2D eigenvalue weighted by Gasteiger charge is 2.36. The first-order chi connectivity index (χ1) is 9.22. The summed E-state index contributed by atoms with van der Waals surface area (Å²) in [6, 6.07) is 6.26. The molecule has 0 spiro atoms. The Morgan fingerprint density at radius 3 is 2.89 bits per heavy atom. The van der Waals surface area contributed by atoms with Crippen LogP contribution in [-0.2, 0) is 0 Å². The molecule has 2 atom stereocenters. The fourth-order valence-electron chi connectivity index (χ4n) is 3.16. The topological polar surface area (TPSA) is 24.5 Å². The van der Waals surface area contributed by atoms with Crippen LogP contribution in [0.1, 0.15) is 24.9 Å². The van der Waals surface area contributed by atoms with Gasteiger partial charge in [0.15, 0.2) is 0 Å². The lowest BCUT2D eigenvalue weighted by Crippen LogP contribution is -2.29. The van der Waals surface area contributed by atoms with E-state index in [4.69, 9.17) is 16.3 Å². The molecule has 1 aliphatic rings. The zero-order chi connectivity index (χ0) is 13.8. The Labute approximate surface area is 120 Å². The van der Waals surface area contributed by atoms with Crippen molar-refractivity contribution < 1.29 is 4.74 Å². The summed E-state index contributed by atoms with van der Waals surface area (Å²) in [5.41, 5.74) is 1.14. The van der Waals surface area contributed by atoms with Crippen LogP contribution in [0.15, 0.2) is 18.2 Å². The number of ether oxygens (including phenoxy) is 1. The van der Waals surface area contributed by atoms with Crippen molar-refractivity contribution >= 4 is 11.6 Å². The predicted molar refractivity (Wildman–Crippen MR) is 80.0 cm³/mol. The largest absolute Gasteiger partial charge is 0.496 e. The number of methoxy groups -OCH3 is 1. The molecule has 1 fully saturated rings. The summed E-state index contributed by atoms with van der Waals surface area (Å²) in [7, 11) is 3.73. The first-order valence-electron chi connectivity index (χ1n) is 6.94. The van der Waals surface area contributed by atoms with E-state index < -0.39 is 0 Å². The maximum absolute atomic E-state index is 6.45. The number of likely N-dealkylation sites (tertiary alicyclic amines) is 1. The average molecular weight is 283 g/mol. The first kappa shape index (κ1) is 14.6. The third kappa shape index (κ3) is 2.88. The van der Waals surface area contributed by atoms with Crippen LogP contribution in [0.2, 0.25) is 5.02 Å². The molecular weight excluding hydrogens is 260 g/mol. The minimum absolute atomic E-state index is 0.348. The number of halogens is 1. The van der Waals surface area contributed by atoms with Crippen molar-refractivity contribution in [1.29, 1.82) is 0 Å². The second kappa shape index (κ2) is 6.60. The van der Waals surface area contributed by atoms with Gasteiger partial charge in [0.05, 0.1) is 7.11 Å². The van der Waals surface area contributed by atoms with E-state index >= 15 is 0 Å².